The molecular weight excluding hydrogens is 316 g/mol. The van der Waals surface area contributed by atoms with Crippen molar-refractivity contribution in [2.75, 3.05) is 19.7 Å². The van der Waals surface area contributed by atoms with Crippen LogP contribution in [0.25, 0.3) is 10.4 Å². The van der Waals surface area contributed by atoms with E-state index in [4.69, 9.17) is 19.7 Å². The van der Waals surface area contributed by atoms with Crippen LogP contribution in [0.2, 0.25) is 0 Å². The Hall–Kier alpha value is -2.26. The summed E-state index contributed by atoms with van der Waals surface area (Å²) in [4.78, 5) is 15.0. The zero-order valence-electron chi connectivity index (χ0n) is 13.4. The van der Waals surface area contributed by atoms with Crippen molar-refractivity contribution in [1.29, 1.82) is 0 Å². The van der Waals surface area contributed by atoms with Gasteiger partial charge in [-0.05, 0) is 25.4 Å². The molecule has 0 aromatic carbocycles. The number of nitrogens with zero attached hydrogens (tertiary/aromatic N) is 5. The second kappa shape index (κ2) is 6.33. The molecule has 2 aliphatic heterocycles. The lowest BCUT2D eigenvalue weighted by molar-refractivity contribution is -0.188. The summed E-state index contributed by atoms with van der Waals surface area (Å²) in [5, 5.41) is 13.7. The molecule has 2 aliphatic rings. The van der Waals surface area contributed by atoms with Crippen LogP contribution in [0.1, 0.15) is 24.2 Å². The molecular formula is C14H18N6O4. The summed E-state index contributed by atoms with van der Waals surface area (Å²) < 4.78 is 17.6. The molecule has 10 heteroatoms. The van der Waals surface area contributed by atoms with Gasteiger partial charge in [0.25, 0.3) is 5.91 Å². The van der Waals surface area contributed by atoms with E-state index in [0.717, 1.165) is 0 Å². The third-order valence-corrected chi connectivity index (χ3v) is 3.98. The first-order chi connectivity index (χ1) is 11.5. The molecule has 0 bridgehead atoms. The van der Waals surface area contributed by atoms with Crippen LogP contribution in [0.5, 0.6) is 0 Å². The summed E-state index contributed by atoms with van der Waals surface area (Å²) in [6.45, 7) is 4.18. The molecule has 1 N–H and O–H groups in total. The molecule has 0 spiro atoms. The van der Waals surface area contributed by atoms with Gasteiger partial charge in [0.05, 0.1) is 43.8 Å². The van der Waals surface area contributed by atoms with Crippen molar-refractivity contribution in [3.63, 3.8) is 0 Å². The second-order valence-electron chi connectivity index (χ2n) is 6.18. The van der Waals surface area contributed by atoms with E-state index in [9.17, 15) is 4.79 Å². The normalized spacial score (nSPS) is 30.4. The fraction of sp³-hybridized carbons (Fsp3) is 0.643. The van der Waals surface area contributed by atoms with Gasteiger partial charge < -0.3 is 19.5 Å². The highest BCUT2D eigenvalue weighted by Gasteiger charge is 2.60. The molecule has 1 amide bonds. The molecule has 0 unspecified atom stereocenters. The lowest BCUT2D eigenvalue weighted by Crippen LogP contribution is -2.51. The van der Waals surface area contributed by atoms with E-state index in [1.165, 1.54) is 12.4 Å². The van der Waals surface area contributed by atoms with E-state index in [1.54, 1.807) is 19.9 Å². The Morgan fingerprint density at radius 1 is 1.54 bits per heavy atom. The quantitative estimate of drug-likeness (QED) is 0.481. The van der Waals surface area contributed by atoms with Crippen LogP contribution in [0, 0.1) is 0 Å². The van der Waals surface area contributed by atoms with Gasteiger partial charge in [-0.15, -0.1) is 0 Å². The number of hydrogen-bond donors (Lipinski definition) is 1. The second-order valence-corrected chi connectivity index (χ2v) is 6.18. The topological polar surface area (TPSA) is 131 Å². The number of hydrogen-bond acceptors (Lipinski definition) is 7. The van der Waals surface area contributed by atoms with Gasteiger partial charge in [0.1, 0.15) is 11.7 Å². The van der Waals surface area contributed by atoms with Gasteiger partial charge in [-0.1, -0.05) is 5.11 Å². The number of carbonyl (C=O) groups is 1. The van der Waals surface area contributed by atoms with Crippen molar-refractivity contribution >= 4 is 5.91 Å². The number of ether oxygens (including phenoxy) is 3. The molecule has 3 rings (SSSR count). The Kier molecular flexibility index (Phi) is 4.37. The van der Waals surface area contributed by atoms with Crippen LogP contribution in [-0.2, 0) is 14.2 Å². The maximum atomic E-state index is 12.2. The predicted octanol–water partition coefficient (Wildman–Crippen LogP) is 0.806. The van der Waals surface area contributed by atoms with Crippen molar-refractivity contribution in [3.05, 3.63) is 34.5 Å². The Bertz CT molecular complexity index is 662. The van der Waals surface area contributed by atoms with E-state index < -0.39 is 23.6 Å². The largest absolute Gasteiger partial charge is 0.372 e. The number of rotatable bonds is 5. The summed E-state index contributed by atoms with van der Waals surface area (Å²) in [6.07, 6.45) is 1.98. The van der Waals surface area contributed by atoms with E-state index >= 15 is 0 Å². The first kappa shape index (κ1) is 16.6. The SMILES string of the molecule is CC1(C)O[C@@H]2[C@@H](CN=[N+]=[N-])OC[C@]2(CNC(=O)c2ccnnc2)O1. The van der Waals surface area contributed by atoms with Gasteiger partial charge in [-0.2, -0.15) is 10.2 Å². The molecule has 0 radical (unpaired) electrons. The number of aromatic nitrogens is 2. The first-order valence-corrected chi connectivity index (χ1v) is 7.51. The van der Waals surface area contributed by atoms with Crippen LogP contribution in [0.4, 0.5) is 0 Å². The average Bonchev–Trinajstić information content (AvgIpc) is 3.02. The van der Waals surface area contributed by atoms with E-state index in [0.29, 0.717) is 5.56 Å². The van der Waals surface area contributed by atoms with Gasteiger partial charge in [0.2, 0.25) is 0 Å². The van der Waals surface area contributed by atoms with Gasteiger partial charge in [0.15, 0.2) is 5.79 Å². The molecule has 24 heavy (non-hydrogen) atoms. The molecule has 10 nitrogen and oxygen atoms in total. The molecule has 3 heterocycles. The Morgan fingerprint density at radius 2 is 2.38 bits per heavy atom. The zero-order valence-corrected chi connectivity index (χ0v) is 13.4. The Balaban J connectivity index is 1.72. The minimum absolute atomic E-state index is 0.143. The minimum Gasteiger partial charge on any atom is -0.372 e. The smallest absolute Gasteiger partial charge is 0.253 e. The standard InChI is InChI=1S/C14H18N6O4/c1-13(2)23-11-10(6-19-20-15)22-8-14(11,24-13)7-16-12(21)9-3-4-17-18-5-9/h3-5,10-11H,6-8H2,1-2H3,(H,16,21)/t10-,11-,14+/m1/s1. The molecule has 1 aromatic heterocycles. The minimum atomic E-state index is -0.824. The van der Waals surface area contributed by atoms with Crippen LogP contribution < -0.4 is 5.32 Å². The molecule has 2 fully saturated rings. The molecule has 128 valence electrons. The van der Waals surface area contributed by atoms with Crippen molar-refractivity contribution in [2.45, 2.75) is 37.4 Å². The summed E-state index contributed by atoms with van der Waals surface area (Å²) >= 11 is 0. The van der Waals surface area contributed by atoms with E-state index in [1.807, 2.05) is 0 Å². The highest BCUT2D eigenvalue weighted by molar-refractivity contribution is 5.93. The number of amides is 1. The van der Waals surface area contributed by atoms with Crippen molar-refractivity contribution in [2.24, 2.45) is 5.11 Å². The van der Waals surface area contributed by atoms with Crippen LogP contribution in [0.3, 0.4) is 0 Å². The maximum absolute atomic E-state index is 12.2. The van der Waals surface area contributed by atoms with Crippen molar-refractivity contribution in [3.8, 4) is 0 Å². The highest BCUT2D eigenvalue weighted by atomic mass is 16.8. The molecule has 1 aromatic rings. The maximum Gasteiger partial charge on any atom is 0.253 e. The third kappa shape index (κ3) is 3.17. The first-order valence-electron chi connectivity index (χ1n) is 7.51. The molecule has 2 saturated heterocycles. The van der Waals surface area contributed by atoms with Gasteiger partial charge in [0, 0.05) is 4.91 Å². The van der Waals surface area contributed by atoms with Gasteiger partial charge in [-0.25, -0.2) is 0 Å². The van der Waals surface area contributed by atoms with Gasteiger partial charge >= 0.3 is 0 Å². The lowest BCUT2D eigenvalue weighted by atomic mass is 9.96. The van der Waals surface area contributed by atoms with E-state index in [-0.39, 0.29) is 25.6 Å². The number of carbonyl (C=O) groups excluding carboxylic acids is 1. The Labute approximate surface area is 138 Å². The lowest BCUT2D eigenvalue weighted by Gasteiger charge is -2.27. The summed E-state index contributed by atoms with van der Waals surface area (Å²) in [5.74, 6) is -1.10. The fourth-order valence-corrected chi connectivity index (χ4v) is 3.06. The monoisotopic (exact) mass is 334 g/mol. The molecule has 3 atom stereocenters. The average molecular weight is 334 g/mol. The van der Waals surface area contributed by atoms with Crippen LogP contribution in [0.15, 0.2) is 23.6 Å². The van der Waals surface area contributed by atoms with E-state index in [2.05, 4.69) is 25.5 Å². The van der Waals surface area contributed by atoms with Crippen LogP contribution >= 0.6 is 0 Å². The molecule has 0 saturated carbocycles. The predicted molar refractivity (Wildman–Crippen MR) is 80.9 cm³/mol. The van der Waals surface area contributed by atoms with Crippen molar-refractivity contribution in [1.82, 2.24) is 15.5 Å². The third-order valence-electron chi connectivity index (χ3n) is 3.98. The zero-order chi connectivity index (χ0) is 17.2. The Morgan fingerprint density at radius 3 is 3.08 bits per heavy atom. The van der Waals surface area contributed by atoms with Gasteiger partial charge in [-0.3, -0.25) is 4.79 Å². The number of azide groups is 1. The fourth-order valence-electron chi connectivity index (χ4n) is 3.06. The number of fused-ring (bicyclic) bond motifs is 1. The number of nitrogens with one attached hydrogen (secondary N) is 1. The van der Waals surface area contributed by atoms with Crippen molar-refractivity contribution < 1.29 is 19.0 Å². The summed E-state index contributed by atoms with van der Waals surface area (Å²) in [6, 6.07) is 1.57. The summed E-state index contributed by atoms with van der Waals surface area (Å²) in [7, 11) is 0. The highest BCUT2D eigenvalue weighted by Crippen LogP contribution is 2.43. The molecule has 0 aliphatic carbocycles. The van der Waals surface area contributed by atoms with Crippen LogP contribution in [-0.4, -0.2) is 59.4 Å². The summed E-state index contributed by atoms with van der Waals surface area (Å²) in [5.41, 5.74) is 8.08.